The number of hydrogen-bond acceptors (Lipinski definition) is 4. The molecule has 0 saturated heterocycles. The van der Waals surface area contributed by atoms with Crippen molar-refractivity contribution in [2.75, 3.05) is 5.43 Å². The van der Waals surface area contributed by atoms with Gasteiger partial charge in [0.15, 0.2) is 0 Å². The van der Waals surface area contributed by atoms with E-state index in [1.807, 2.05) is 0 Å². The van der Waals surface area contributed by atoms with Gasteiger partial charge in [-0.15, -0.1) is 0 Å². The highest BCUT2D eigenvalue weighted by Crippen LogP contribution is 2.29. The zero-order chi connectivity index (χ0) is 15.1. The summed E-state index contributed by atoms with van der Waals surface area (Å²) >= 11 is 9.14. The van der Waals surface area contributed by atoms with Crippen LogP contribution >= 0.6 is 27.5 Å². The topological polar surface area (TPSA) is 99.0 Å². The van der Waals surface area contributed by atoms with Gasteiger partial charge in [0.1, 0.15) is 5.71 Å². The lowest BCUT2D eigenvalue weighted by Crippen LogP contribution is -2.15. The minimum Gasteiger partial charge on any atom is -0.481 e. The minimum absolute atomic E-state index is 0.0623. The van der Waals surface area contributed by atoms with Crippen LogP contribution in [0.4, 0.5) is 5.69 Å². The molecule has 0 aliphatic carbocycles. The summed E-state index contributed by atoms with van der Waals surface area (Å²) in [6.07, 6.45) is 0.166. The van der Waals surface area contributed by atoms with E-state index in [9.17, 15) is 9.59 Å². The highest BCUT2D eigenvalue weighted by atomic mass is 79.9. The van der Waals surface area contributed by atoms with Gasteiger partial charge >= 0.3 is 11.9 Å². The second kappa shape index (κ2) is 7.86. The number of hydrogen-bond donors (Lipinski definition) is 3. The minimum atomic E-state index is -1.19. The van der Waals surface area contributed by atoms with Crippen LogP contribution < -0.4 is 5.43 Å². The Morgan fingerprint density at radius 2 is 2.00 bits per heavy atom. The van der Waals surface area contributed by atoms with Crippen molar-refractivity contribution in [1.82, 2.24) is 0 Å². The molecule has 0 spiro atoms. The second-order valence-corrected chi connectivity index (χ2v) is 5.02. The fourth-order valence-electron chi connectivity index (χ4n) is 1.34. The van der Waals surface area contributed by atoms with E-state index in [0.717, 1.165) is 0 Å². The summed E-state index contributed by atoms with van der Waals surface area (Å²) in [6.45, 7) is 0. The Hall–Kier alpha value is -1.60. The molecule has 0 radical (unpaired) electrons. The van der Waals surface area contributed by atoms with Gasteiger partial charge in [-0.2, -0.15) is 5.10 Å². The van der Waals surface area contributed by atoms with Crippen LogP contribution in [-0.4, -0.2) is 27.9 Å². The van der Waals surface area contributed by atoms with Crippen LogP contribution in [0.3, 0.4) is 0 Å². The molecule has 6 nitrogen and oxygen atoms in total. The smallest absolute Gasteiger partial charge is 0.352 e. The van der Waals surface area contributed by atoms with Crippen molar-refractivity contribution in [2.45, 2.75) is 19.3 Å². The molecule has 0 fully saturated rings. The summed E-state index contributed by atoms with van der Waals surface area (Å²) in [5.41, 5.74) is 2.98. The third kappa shape index (κ3) is 5.18. The van der Waals surface area contributed by atoms with Gasteiger partial charge in [0.05, 0.1) is 15.2 Å². The first-order chi connectivity index (χ1) is 9.41. The third-order valence-corrected chi connectivity index (χ3v) is 3.71. The molecule has 8 heteroatoms. The first-order valence-electron chi connectivity index (χ1n) is 5.63. The molecule has 0 amide bonds. The maximum Gasteiger partial charge on any atom is 0.352 e. The maximum atomic E-state index is 11.0. The molecule has 0 atom stereocenters. The molecule has 1 aromatic carbocycles. The number of hydrazone groups is 1. The van der Waals surface area contributed by atoms with E-state index in [4.69, 9.17) is 21.8 Å². The molecule has 3 N–H and O–H groups in total. The van der Waals surface area contributed by atoms with Crippen molar-refractivity contribution in [3.05, 3.63) is 27.7 Å². The van der Waals surface area contributed by atoms with Gasteiger partial charge in [-0.25, -0.2) is 4.79 Å². The average molecular weight is 364 g/mol. The zero-order valence-electron chi connectivity index (χ0n) is 10.3. The Morgan fingerprint density at radius 3 is 2.60 bits per heavy atom. The number of halogens is 2. The molecular formula is C12H12BrClN2O4. The first-order valence-corrected chi connectivity index (χ1v) is 6.80. The van der Waals surface area contributed by atoms with Crippen molar-refractivity contribution >= 4 is 50.9 Å². The maximum absolute atomic E-state index is 11.0. The number of aliphatic carboxylic acids is 2. The molecular weight excluding hydrogens is 351 g/mol. The first kappa shape index (κ1) is 16.5. The second-order valence-electron chi connectivity index (χ2n) is 3.82. The number of carboxylic acid groups (broad SMARTS) is 2. The van der Waals surface area contributed by atoms with E-state index in [0.29, 0.717) is 15.2 Å². The Labute approximate surface area is 128 Å². The number of benzene rings is 1. The normalized spacial score (nSPS) is 11.2. The van der Waals surface area contributed by atoms with Gasteiger partial charge in [-0.1, -0.05) is 17.7 Å². The number of carboxylic acids is 2. The molecule has 0 aliphatic heterocycles. The fraction of sp³-hybridized carbons (Fsp3) is 0.250. The van der Waals surface area contributed by atoms with E-state index in [2.05, 4.69) is 26.5 Å². The lowest BCUT2D eigenvalue weighted by Gasteiger charge is -2.06. The Morgan fingerprint density at radius 1 is 1.30 bits per heavy atom. The number of carbonyl (C=O) groups is 2. The van der Waals surface area contributed by atoms with Gasteiger partial charge < -0.3 is 10.2 Å². The number of anilines is 1. The fourth-order valence-corrected chi connectivity index (χ4v) is 1.86. The predicted molar refractivity (Wildman–Crippen MR) is 79.3 cm³/mol. The van der Waals surface area contributed by atoms with Gasteiger partial charge in [0.2, 0.25) is 0 Å². The summed E-state index contributed by atoms with van der Waals surface area (Å²) in [6, 6.07) is 5.04. The summed E-state index contributed by atoms with van der Waals surface area (Å²) in [4.78, 5) is 21.4. The molecule has 1 rings (SSSR count). The van der Waals surface area contributed by atoms with E-state index in [1.54, 1.807) is 18.2 Å². The van der Waals surface area contributed by atoms with Gasteiger partial charge in [-0.05, 0) is 40.9 Å². The molecule has 0 aromatic heterocycles. The van der Waals surface area contributed by atoms with Crippen molar-refractivity contribution in [3.63, 3.8) is 0 Å². The quantitative estimate of drug-likeness (QED) is 0.510. The Bertz CT molecular complexity index is 548. The predicted octanol–water partition coefficient (Wildman–Crippen LogP) is 3.21. The van der Waals surface area contributed by atoms with Crippen LogP contribution in [0, 0.1) is 0 Å². The van der Waals surface area contributed by atoms with Crippen molar-refractivity contribution in [2.24, 2.45) is 5.10 Å². The molecule has 0 unspecified atom stereocenters. The van der Waals surface area contributed by atoms with Crippen LogP contribution in [-0.2, 0) is 9.59 Å². The Balaban J connectivity index is 2.74. The van der Waals surface area contributed by atoms with Crippen molar-refractivity contribution in [3.8, 4) is 0 Å². The lowest BCUT2D eigenvalue weighted by molar-refractivity contribution is -0.137. The lowest BCUT2D eigenvalue weighted by atomic mass is 10.2. The molecule has 1 aromatic rings. The monoisotopic (exact) mass is 362 g/mol. The van der Waals surface area contributed by atoms with Crippen LogP contribution in [0.1, 0.15) is 19.3 Å². The molecule has 0 aliphatic rings. The Kier molecular flexibility index (Phi) is 6.47. The van der Waals surface area contributed by atoms with Crippen LogP contribution in [0.25, 0.3) is 0 Å². The van der Waals surface area contributed by atoms with E-state index in [1.165, 1.54) is 0 Å². The van der Waals surface area contributed by atoms with E-state index < -0.39 is 11.9 Å². The van der Waals surface area contributed by atoms with Crippen LogP contribution in [0.2, 0.25) is 5.02 Å². The average Bonchev–Trinajstić information content (AvgIpc) is 2.37. The molecule has 0 bridgehead atoms. The SMILES string of the molecule is O=C(O)CCC/C(=N\Nc1cccc(Cl)c1Br)C(=O)O. The number of nitrogens with zero attached hydrogens (tertiary/aromatic N) is 1. The summed E-state index contributed by atoms with van der Waals surface area (Å²) in [5.74, 6) is -2.17. The number of rotatable bonds is 7. The molecule has 0 saturated carbocycles. The van der Waals surface area contributed by atoms with Crippen LogP contribution in [0.15, 0.2) is 27.8 Å². The van der Waals surface area contributed by atoms with Gasteiger partial charge in [-0.3, -0.25) is 10.2 Å². The van der Waals surface area contributed by atoms with E-state index in [-0.39, 0.29) is 25.0 Å². The molecule has 108 valence electrons. The van der Waals surface area contributed by atoms with Crippen molar-refractivity contribution in [1.29, 1.82) is 0 Å². The van der Waals surface area contributed by atoms with E-state index >= 15 is 0 Å². The van der Waals surface area contributed by atoms with Gasteiger partial charge in [0.25, 0.3) is 0 Å². The standard InChI is InChI=1S/C12H12BrClN2O4/c13-11-7(14)3-1-4-8(11)15-16-9(12(19)20)5-2-6-10(17)18/h1,3-4,15H,2,5-6H2,(H,17,18)(H,19,20)/b16-9+. The third-order valence-electron chi connectivity index (χ3n) is 2.31. The zero-order valence-corrected chi connectivity index (χ0v) is 12.6. The summed E-state index contributed by atoms with van der Waals surface area (Å²) in [5, 5.41) is 21.7. The van der Waals surface area contributed by atoms with Gasteiger partial charge in [0, 0.05) is 6.42 Å². The number of nitrogens with one attached hydrogen (secondary N) is 1. The summed E-state index contributed by atoms with van der Waals surface area (Å²) in [7, 11) is 0. The largest absolute Gasteiger partial charge is 0.481 e. The highest BCUT2D eigenvalue weighted by molar-refractivity contribution is 9.10. The highest BCUT2D eigenvalue weighted by Gasteiger charge is 2.11. The molecule has 0 heterocycles. The van der Waals surface area contributed by atoms with Crippen LogP contribution in [0.5, 0.6) is 0 Å². The van der Waals surface area contributed by atoms with Crippen molar-refractivity contribution < 1.29 is 19.8 Å². The molecule has 20 heavy (non-hydrogen) atoms. The summed E-state index contributed by atoms with van der Waals surface area (Å²) < 4.78 is 0.570.